The molecule has 3 aromatic rings. The number of rotatable bonds is 3. The van der Waals surface area contributed by atoms with E-state index in [0.29, 0.717) is 6.42 Å². The van der Waals surface area contributed by atoms with Gasteiger partial charge in [0.05, 0.1) is 17.1 Å². The van der Waals surface area contributed by atoms with Crippen LogP contribution in [0.25, 0.3) is 11.0 Å². The number of benzene rings is 1. The largest absolute Gasteiger partial charge is 0.387 e. The number of aryl methyl sites for hydroxylation is 2. The van der Waals surface area contributed by atoms with Crippen molar-refractivity contribution in [2.75, 3.05) is 0 Å². The summed E-state index contributed by atoms with van der Waals surface area (Å²) in [5.74, 6) is 0.918. The number of fused-ring (bicyclic) bond motifs is 1. The van der Waals surface area contributed by atoms with Crippen molar-refractivity contribution >= 4 is 22.4 Å². The SMILES string of the molecule is Cc1ccsc1C(O)Cc1nc2ccccc2n1C. The van der Waals surface area contributed by atoms with Crippen LogP contribution in [0.1, 0.15) is 22.4 Å². The summed E-state index contributed by atoms with van der Waals surface area (Å²) < 4.78 is 2.06. The molecule has 1 N–H and O–H groups in total. The molecule has 1 aromatic carbocycles. The van der Waals surface area contributed by atoms with Gasteiger partial charge in [0.1, 0.15) is 5.82 Å². The van der Waals surface area contributed by atoms with E-state index >= 15 is 0 Å². The van der Waals surface area contributed by atoms with Crippen LogP contribution in [-0.2, 0) is 13.5 Å². The number of thiophene rings is 1. The van der Waals surface area contributed by atoms with Crippen LogP contribution in [0.15, 0.2) is 35.7 Å². The summed E-state index contributed by atoms with van der Waals surface area (Å²) in [6.07, 6.45) is 0.0718. The first-order valence-corrected chi connectivity index (χ1v) is 7.17. The Balaban J connectivity index is 1.93. The van der Waals surface area contributed by atoms with Gasteiger partial charge in [-0.25, -0.2) is 4.98 Å². The molecule has 4 heteroatoms. The van der Waals surface area contributed by atoms with Gasteiger partial charge in [-0.2, -0.15) is 0 Å². The van der Waals surface area contributed by atoms with E-state index in [2.05, 4.69) is 15.6 Å². The van der Waals surface area contributed by atoms with Crippen LogP contribution in [0.4, 0.5) is 0 Å². The molecule has 0 radical (unpaired) electrons. The molecule has 3 nitrogen and oxygen atoms in total. The highest BCUT2D eigenvalue weighted by atomic mass is 32.1. The molecule has 0 saturated heterocycles. The summed E-state index contributed by atoms with van der Waals surface area (Å²) in [5.41, 5.74) is 3.24. The average molecular weight is 272 g/mol. The van der Waals surface area contributed by atoms with Crippen LogP contribution in [0.3, 0.4) is 0 Å². The van der Waals surface area contributed by atoms with Gasteiger partial charge in [-0.3, -0.25) is 0 Å². The highest BCUT2D eigenvalue weighted by Gasteiger charge is 2.16. The molecule has 1 atom stereocenters. The molecule has 0 spiro atoms. The summed E-state index contributed by atoms with van der Waals surface area (Å²) in [6.45, 7) is 2.03. The van der Waals surface area contributed by atoms with E-state index < -0.39 is 6.10 Å². The third kappa shape index (κ3) is 2.17. The van der Waals surface area contributed by atoms with Gasteiger partial charge in [0.15, 0.2) is 0 Å². The van der Waals surface area contributed by atoms with Crippen molar-refractivity contribution in [1.82, 2.24) is 9.55 Å². The van der Waals surface area contributed by atoms with Gasteiger partial charge in [0, 0.05) is 18.3 Å². The molecule has 0 aliphatic rings. The fourth-order valence-corrected chi connectivity index (χ4v) is 3.28. The molecular weight excluding hydrogens is 256 g/mol. The second-order valence-corrected chi connectivity index (χ2v) is 5.71. The summed E-state index contributed by atoms with van der Waals surface area (Å²) in [7, 11) is 2.00. The van der Waals surface area contributed by atoms with E-state index in [-0.39, 0.29) is 0 Å². The number of aliphatic hydroxyl groups is 1. The van der Waals surface area contributed by atoms with E-state index in [1.807, 2.05) is 43.6 Å². The second-order valence-electron chi connectivity index (χ2n) is 4.76. The minimum atomic E-state index is -0.476. The predicted molar refractivity (Wildman–Crippen MR) is 78.4 cm³/mol. The van der Waals surface area contributed by atoms with Gasteiger partial charge in [0.25, 0.3) is 0 Å². The normalized spacial score (nSPS) is 13.0. The molecule has 1 unspecified atom stereocenters. The minimum Gasteiger partial charge on any atom is -0.387 e. The summed E-state index contributed by atoms with van der Waals surface area (Å²) >= 11 is 1.60. The fraction of sp³-hybridized carbons (Fsp3) is 0.267. The topological polar surface area (TPSA) is 38.1 Å². The van der Waals surface area contributed by atoms with Gasteiger partial charge in [0.2, 0.25) is 0 Å². The Morgan fingerprint density at radius 3 is 2.79 bits per heavy atom. The van der Waals surface area contributed by atoms with Crippen molar-refractivity contribution in [3.05, 3.63) is 52.0 Å². The Labute approximate surface area is 116 Å². The van der Waals surface area contributed by atoms with Crippen LogP contribution < -0.4 is 0 Å². The molecule has 0 aliphatic heterocycles. The monoisotopic (exact) mass is 272 g/mol. The minimum absolute atomic E-state index is 0.476. The number of para-hydroxylation sites is 2. The molecule has 2 heterocycles. The zero-order valence-electron chi connectivity index (χ0n) is 11.0. The molecule has 0 bridgehead atoms. The highest BCUT2D eigenvalue weighted by Crippen LogP contribution is 2.27. The lowest BCUT2D eigenvalue weighted by atomic mass is 10.1. The number of hydrogen-bond donors (Lipinski definition) is 1. The van der Waals surface area contributed by atoms with Gasteiger partial charge < -0.3 is 9.67 Å². The zero-order chi connectivity index (χ0) is 13.4. The van der Waals surface area contributed by atoms with E-state index in [4.69, 9.17) is 0 Å². The molecule has 2 aromatic heterocycles. The standard InChI is InChI=1S/C15H16N2OS/c1-10-7-8-19-15(10)13(18)9-14-16-11-5-3-4-6-12(11)17(14)2/h3-8,13,18H,9H2,1-2H3. The van der Waals surface area contributed by atoms with Gasteiger partial charge in [-0.05, 0) is 36.1 Å². The van der Waals surface area contributed by atoms with E-state index in [1.54, 1.807) is 11.3 Å². The molecule has 98 valence electrons. The van der Waals surface area contributed by atoms with Crippen molar-refractivity contribution in [3.63, 3.8) is 0 Å². The van der Waals surface area contributed by atoms with Crippen LogP contribution in [0, 0.1) is 6.92 Å². The Morgan fingerprint density at radius 2 is 2.11 bits per heavy atom. The number of aromatic nitrogens is 2. The number of hydrogen-bond acceptors (Lipinski definition) is 3. The maximum absolute atomic E-state index is 10.4. The fourth-order valence-electron chi connectivity index (χ4n) is 2.37. The maximum atomic E-state index is 10.4. The first-order valence-electron chi connectivity index (χ1n) is 6.29. The molecule has 0 fully saturated rings. The van der Waals surface area contributed by atoms with Crippen molar-refractivity contribution in [3.8, 4) is 0 Å². The van der Waals surface area contributed by atoms with E-state index in [9.17, 15) is 5.11 Å². The van der Waals surface area contributed by atoms with E-state index in [0.717, 1.165) is 27.3 Å². The van der Waals surface area contributed by atoms with E-state index in [1.165, 1.54) is 0 Å². The smallest absolute Gasteiger partial charge is 0.112 e. The van der Waals surface area contributed by atoms with Crippen LogP contribution in [0.2, 0.25) is 0 Å². The molecule has 0 amide bonds. The Bertz CT molecular complexity index is 714. The Hall–Kier alpha value is -1.65. The van der Waals surface area contributed by atoms with Crippen molar-refractivity contribution in [1.29, 1.82) is 0 Å². The van der Waals surface area contributed by atoms with Crippen LogP contribution >= 0.6 is 11.3 Å². The second kappa shape index (κ2) is 4.79. The Kier molecular flexibility index (Phi) is 3.12. The third-order valence-electron chi connectivity index (χ3n) is 3.46. The molecule has 0 aliphatic carbocycles. The molecule has 0 saturated carbocycles. The number of aliphatic hydroxyl groups excluding tert-OH is 1. The summed E-state index contributed by atoms with van der Waals surface area (Å²) in [6, 6.07) is 10.1. The lowest BCUT2D eigenvalue weighted by Gasteiger charge is -2.10. The van der Waals surface area contributed by atoms with Gasteiger partial charge in [-0.1, -0.05) is 12.1 Å². The summed E-state index contributed by atoms with van der Waals surface area (Å²) in [4.78, 5) is 5.63. The highest BCUT2D eigenvalue weighted by molar-refractivity contribution is 7.10. The van der Waals surface area contributed by atoms with Crippen molar-refractivity contribution in [2.45, 2.75) is 19.4 Å². The predicted octanol–water partition coefficient (Wildman–Crippen LogP) is 3.22. The van der Waals surface area contributed by atoms with Crippen molar-refractivity contribution in [2.24, 2.45) is 7.05 Å². The van der Waals surface area contributed by atoms with Crippen LogP contribution in [0.5, 0.6) is 0 Å². The van der Waals surface area contributed by atoms with Gasteiger partial charge >= 0.3 is 0 Å². The Morgan fingerprint density at radius 1 is 1.32 bits per heavy atom. The molecule has 3 rings (SSSR count). The number of nitrogens with zero attached hydrogens (tertiary/aromatic N) is 2. The van der Waals surface area contributed by atoms with Crippen LogP contribution in [-0.4, -0.2) is 14.7 Å². The first-order chi connectivity index (χ1) is 9.16. The summed E-state index contributed by atoms with van der Waals surface area (Å²) in [5, 5.41) is 12.4. The quantitative estimate of drug-likeness (QED) is 0.795. The molecular formula is C15H16N2OS. The zero-order valence-corrected chi connectivity index (χ0v) is 11.8. The van der Waals surface area contributed by atoms with Crippen molar-refractivity contribution < 1.29 is 5.11 Å². The van der Waals surface area contributed by atoms with Gasteiger partial charge in [-0.15, -0.1) is 11.3 Å². The lowest BCUT2D eigenvalue weighted by Crippen LogP contribution is -2.06. The maximum Gasteiger partial charge on any atom is 0.112 e. The lowest BCUT2D eigenvalue weighted by molar-refractivity contribution is 0.178. The first kappa shape index (κ1) is 12.4. The molecule has 19 heavy (non-hydrogen) atoms. The third-order valence-corrected chi connectivity index (χ3v) is 4.58. The number of imidazole rings is 1. The average Bonchev–Trinajstić information content (AvgIpc) is 2.95.